The molecule has 0 aliphatic rings. The molecule has 1 aromatic carbocycles. The minimum Gasteiger partial charge on any atom is -0.294 e. The van der Waals surface area contributed by atoms with Gasteiger partial charge >= 0.3 is 0 Å². The smallest absolute Gasteiger partial charge is 0.261 e. The van der Waals surface area contributed by atoms with Crippen molar-refractivity contribution in [3.05, 3.63) is 65.4 Å². The Morgan fingerprint density at radius 2 is 1.69 bits per heavy atom. The van der Waals surface area contributed by atoms with Gasteiger partial charge in [-0.2, -0.15) is 0 Å². The van der Waals surface area contributed by atoms with Crippen molar-refractivity contribution in [3.8, 4) is 0 Å². The molecule has 7 heteroatoms. The van der Waals surface area contributed by atoms with Gasteiger partial charge in [-0.25, -0.2) is 8.42 Å². The lowest BCUT2D eigenvalue weighted by Gasteiger charge is -2.10. The number of rotatable bonds is 8. The van der Waals surface area contributed by atoms with E-state index in [4.69, 9.17) is 0 Å². The highest BCUT2D eigenvalue weighted by atomic mass is 32.2. The van der Waals surface area contributed by atoms with Crippen LogP contribution in [-0.2, 0) is 19.6 Å². The molecule has 0 unspecified atom stereocenters. The second-order valence-electron chi connectivity index (χ2n) is 5.81. The highest BCUT2D eigenvalue weighted by molar-refractivity contribution is 8.14. The van der Waals surface area contributed by atoms with Crippen LogP contribution in [0.2, 0.25) is 0 Å². The van der Waals surface area contributed by atoms with Crippen LogP contribution in [0.25, 0.3) is 0 Å². The summed E-state index contributed by atoms with van der Waals surface area (Å²) in [5, 5.41) is -0.130. The Labute approximate surface area is 159 Å². The zero-order chi connectivity index (χ0) is 19.9. The lowest BCUT2D eigenvalue weighted by molar-refractivity contribution is -0.113. The fraction of sp³-hybridized carbons (Fsp3) is 0.263. The van der Waals surface area contributed by atoms with E-state index in [1.165, 1.54) is 25.2 Å². The minimum atomic E-state index is -3.76. The van der Waals surface area contributed by atoms with Crippen molar-refractivity contribution in [3.63, 3.8) is 0 Å². The van der Waals surface area contributed by atoms with Crippen molar-refractivity contribution < 1.29 is 18.0 Å². The molecule has 0 saturated carbocycles. The molecule has 1 N–H and O–H groups in total. The number of hydrogen-bond donors (Lipinski definition) is 1. The van der Waals surface area contributed by atoms with Gasteiger partial charge in [-0.15, -0.1) is 0 Å². The third-order valence-corrected chi connectivity index (χ3v) is 5.51. The first-order valence-electron chi connectivity index (χ1n) is 7.84. The van der Waals surface area contributed by atoms with Gasteiger partial charge in [-0.3, -0.25) is 14.3 Å². The summed E-state index contributed by atoms with van der Waals surface area (Å²) in [7, 11) is -3.76. The number of carbonyl (C=O) groups excluding carboxylic acids is 2. The van der Waals surface area contributed by atoms with Gasteiger partial charge in [0.05, 0.1) is 10.6 Å². The average Bonchev–Trinajstić information content (AvgIpc) is 2.55. The van der Waals surface area contributed by atoms with Crippen LogP contribution in [-0.4, -0.2) is 25.1 Å². The van der Waals surface area contributed by atoms with Crippen LogP contribution in [0.3, 0.4) is 0 Å². The summed E-state index contributed by atoms with van der Waals surface area (Å²) in [5.74, 6) is -0.134. The van der Waals surface area contributed by atoms with Crippen LogP contribution >= 0.6 is 11.8 Å². The summed E-state index contributed by atoms with van der Waals surface area (Å²) in [6.07, 6.45) is 4.34. The van der Waals surface area contributed by atoms with Crippen LogP contribution in [0.1, 0.15) is 25.0 Å². The summed E-state index contributed by atoms with van der Waals surface area (Å²) < 4.78 is 27.5. The van der Waals surface area contributed by atoms with Gasteiger partial charge in [-0.1, -0.05) is 30.5 Å². The minimum absolute atomic E-state index is 0.0588. The zero-order valence-corrected chi connectivity index (χ0v) is 17.0. The third-order valence-electron chi connectivity index (χ3n) is 3.34. The van der Waals surface area contributed by atoms with E-state index in [1.54, 1.807) is 19.1 Å². The molecule has 0 atom stereocenters. The Morgan fingerprint density at radius 3 is 2.19 bits per heavy atom. The number of hydrogen-bond acceptors (Lipinski definition) is 5. The van der Waals surface area contributed by atoms with Gasteiger partial charge in [0.25, 0.3) is 10.0 Å². The van der Waals surface area contributed by atoms with Crippen molar-refractivity contribution in [2.75, 3.05) is 5.75 Å². The molecule has 140 valence electrons. The van der Waals surface area contributed by atoms with Gasteiger partial charge in [0.2, 0.25) is 0 Å². The van der Waals surface area contributed by atoms with Crippen LogP contribution in [0.5, 0.6) is 0 Å². The largest absolute Gasteiger partial charge is 0.294 e. The topological polar surface area (TPSA) is 80.3 Å². The normalized spacial score (nSPS) is 12.6. The number of ketones is 1. The maximum atomic E-state index is 12.5. The van der Waals surface area contributed by atoms with E-state index in [-0.39, 0.29) is 27.2 Å². The van der Waals surface area contributed by atoms with Gasteiger partial charge in [-0.05, 0) is 61.8 Å². The van der Waals surface area contributed by atoms with E-state index in [0.717, 1.165) is 22.9 Å². The SMILES string of the molecule is C=C/C(=C\C=C(/C)C(=O)CSC(C)=O)NS(=O)(=O)c1cc(C)cc(C)c1. The van der Waals surface area contributed by atoms with E-state index < -0.39 is 10.0 Å². The Kier molecular flexibility index (Phi) is 8.05. The van der Waals surface area contributed by atoms with Gasteiger partial charge in [0.1, 0.15) is 0 Å². The molecule has 1 aromatic rings. The van der Waals surface area contributed by atoms with E-state index in [1.807, 2.05) is 19.9 Å². The first-order valence-corrected chi connectivity index (χ1v) is 10.3. The highest BCUT2D eigenvalue weighted by Gasteiger charge is 2.15. The molecule has 0 bridgehead atoms. The molecular formula is C19H23NO4S2. The van der Waals surface area contributed by atoms with Crippen molar-refractivity contribution >= 4 is 32.7 Å². The molecular weight excluding hydrogens is 370 g/mol. The average molecular weight is 394 g/mol. The number of benzene rings is 1. The van der Waals surface area contributed by atoms with Crippen molar-refractivity contribution in [1.82, 2.24) is 4.72 Å². The molecule has 0 aliphatic carbocycles. The Morgan fingerprint density at radius 1 is 1.12 bits per heavy atom. The van der Waals surface area contributed by atoms with Crippen LogP contribution in [0.4, 0.5) is 0 Å². The molecule has 0 aromatic heterocycles. The second-order valence-corrected chi connectivity index (χ2v) is 8.64. The predicted octanol–water partition coefficient (Wildman–Crippen LogP) is 3.45. The maximum absolute atomic E-state index is 12.5. The van der Waals surface area contributed by atoms with Crippen molar-refractivity contribution in [1.29, 1.82) is 0 Å². The monoisotopic (exact) mass is 393 g/mol. The fourth-order valence-electron chi connectivity index (χ4n) is 2.03. The standard InChI is InChI=1S/C19H23NO4S2/c1-6-17(8-7-15(4)19(22)12-25-16(5)21)20-26(23,24)18-10-13(2)9-14(3)11-18/h6-11,20H,1,12H2,2-5H3/b15-7+,17-8+. The Balaban J connectivity index is 2.99. The van der Waals surface area contributed by atoms with E-state index >= 15 is 0 Å². The van der Waals surface area contributed by atoms with Gasteiger partial charge in [0, 0.05) is 12.6 Å². The van der Waals surface area contributed by atoms with Crippen LogP contribution < -0.4 is 4.72 Å². The molecule has 0 amide bonds. The lowest BCUT2D eigenvalue weighted by Crippen LogP contribution is -2.22. The maximum Gasteiger partial charge on any atom is 0.261 e. The first kappa shape index (κ1) is 21.9. The highest BCUT2D eigenvalue weighted by Crippen LogP contribution is 2.15. The van der Waals surface area contributed by atoms with E-state index in [9.17, 15) is 18.0 Å². The first-order chi connectivity index (χ1) is 12.0. The fourth-order valence-corrected chi connectivity index (χ4v) is 3.86. The summed E-state index contributed by atoms with van der Waals surface area (Å²) in [4.78, 5) is 23.0. The van der Waals surface area contributed by atoms with Crippen LogP contribution in [0, 0.1) is 13.8 Å². The zero-order valence-electron chi connectivity index (χ0n) is 15.3. The number of thioether (sulfide) groups is 1. The number of sulfonamides is 1. The van der Waals surface area contributed by atoms with Crippen molar-refractivity contribution in [2.24, 2.45) is 0 Å². The number of allylic oxidation sites excluding steroid dienone is 4. The predicted molar refractivity (Wildman–Crippen MR) is 106 cm³/mol. The second kappa shape index (κ2) is 9.54. The number of aryl methyl sites for hydroxylation is 2. The molecule has 0 spiro atoms. The van der Waals surface area contributed by atoms with E-state index in [0.29, 0.717) is 5.57 Å². The molecule has 5 nitrogen and oxygen atoms in total. The lowest BCUT2D eigenvalue weighted by atomic mass is 10.2. The quantitative estimate of drug-likeness (QED) is 0.540. The molecule has 1 rings (SSSR count). The van der Waals surface area contributed by atoms with Crippen LogP contribution in [0.15, 0.2) is 59.2 Å². The Hall–Kier alpha value is -2.12. The summed E-state index contributed by atoms with van der Waals surface area (Å²) in [6.45, 7) is 10.3. The van der Waals surface area contributed by atoms with E-state index in [2.05, 4.69) is 11.3 Å². The summed E-state index contributed by atoms with van der Waals surface area (Å²) in [5.41, 5.74) is 2.36. The third kappa shape index (κ3) is 7.01. The Bertz CT molecular complexity index is 861. The molecule has 0 heterocycles. The molecule has 0 saturated heterocycles. The van der Waals surface area contributed by atoms with Crippen molar-refractivity contribution in [2.45, 2.75) is 32.6 Å². The number of Topliss-reactive ketones (excluding diaryl/α,β-unsaturated/α-hetero) is 1. The molecule has 0 fully saturated rings. The summed E-state index contributed by atoms with van der Waals surface area (Å²) >= 11 is 0.936. The van der Waals surface area contributed by atoms with Gasteiger partial charge in [0.15, 0.2) is 10.9 Å². The summed E-state index contributed by atoms with van der Waals surface area (Å²) in [6, 6.07) is 5.05. The molecule has 0 radical (unpaired) electrons. The number of nitrogens with one attached hydrogen (secondary N) is 1. The molecule has 26 heavy (non-hydrogen) atoms. The van der Waals surface area contributed by atoms with Gasteiger partial charge < -0.3 is 0 Å². The molecule has 0 aliphatic heterocycles. The number of carbonyl (C=O) groups is 2.